The molecule has 14 nitrogen and oxygen atoms in total. The van der Waals surface area contributed by atoms with Crippen LogP contribution in [-0.2, 0) is 36.8 Å². The summed E-state index contributed by atoms with van der Waals surface area (Å²) >= 11 is 0. The number of nitrogens with one attached hydrogen (secondary N) is 4. The molecule has 0 aliphatic heterocycles. The average molecular weight is 505 g/mol. The number of aliphatic carboxylic acids is 2. The summed E-state index contributed by atoms with van der Waals surface area (Å²) in [5.74, 6) is -5.40. The second kappa shape index (κ2) is 12.9. The van der Waals surface area contributed by atoms with Crippen molar-refractivity contribution in [1.29, 1.82) is 0 Å². The number of phenolic OH excluding ortho intramolecular Hbond substituents is 1. The van der Waals surface area contributed by atoms with Gasteiger partial charge in [-0.05, 0) is 24.6 Å². The van der Waals surface area contributed by atoms with Crippen LogP contribution in [0.3, 0.4) is 0 Å². The minimum atomic E-state index is -1.74. The molecule has 0 fully saturated rings. The van der Waals surface area contributed by atoms with E-state index in [-0.39, 0.29) is 18.6 Å². The number of nitrogens with two attached hydrogens (primary N) is 1. The zero-order valence-electron chi connectivity index (χ0n) is 19.3. The molecule has 0 saturated carbocycles. The minimum Gasteiger partial charge on any atom is -0.508 e. The van der Waals surface area contributed by atoms with Crippen LogP contribution >= 0.6 is 0 Å². The van der Waals surface area contributed by atoms with Crippen LogP contribution in [0.25, 0.3) is 0 Å². The van der Waals surface area contributed by atoms with Crippen LogP contribution in [-0.4, -0.2) is 79.1 Å². The van der Waals surface area contributed by atoms with Crippen molar-refractivity contribution >= 4 is 29.7 Å². The summed E-state index contributed by atoms with van der Waals surface area (Å²) in [5, 5.41) is 34.8. The lowest BCUT2D eigenvalue weighted by Crippen LogP contribution is -2.58. The number of rotatable bonds is 13. The Morgan fingerprint density at radius 2 is 1.47 bits per heavy atom. The van der Waals surface area contributed by atoms with Crippen LogP contribution in [0.15, 0.2) is 36.8 Å². The predicted molar refractivity (Wildman–Crippen MR) is 123 cm³/mol. The van der Waals surface area contributed by atoms with E-state index < -0.39 is 60.2 Å². The van der Waals surface area contributed by atoms with Crippen molar-refractivity contribution in [3.05, 3.63) is 48.0 Å². The summed E-state index contributed by atoms with van der Waals surface area (Å²) in [6.07, 6.45) is 1.80. The Morgan fingerprint density at radius 1 is 0.917 bits per heavy atom. The number of carboxylic acid groups (broad SMARTS) is 2. The largest absolute Gasteiger partial charge is 0.508 e. The smallest absolute Gasteiger partial charge is 0.326 e. The highest BCUT2D eigenvalue weighted by atomic mass is 16.4. The Labute approximate surface area is 205 Å². The number of hydrogen-bond donors (Lipinski definition) is 8. The van der Waals surface area contributed by atoms with Gasteiger partial charge >= 0.3 is 11.9 Å². The molecule has 0 aliphatic carbocycles. The fourth-order valence-electron chi connectivity index (χ4n) is 3.13. The van der Waals surface area contributed by atoms with Crippen LogP contribution in [0.2, 0.25) is 0 Å². The van der Waals surface area contributed by atoms with E-state index in [1.54, 1.807) is 0 Å². The summed E-state index contributed by atoms with van der Waals surface area (Å²) in [6, 6.07) is 0.517. The molecule has 0 radical (unpaired) electrons. The first-order chi connectivity index (χ1) is 17.0. The maximum Gasteiger partial charge on any atom is 0.326 e. The summed E-state index contributed by atoms with van der Waals surface area (Å²) in [6.45, 7) is 1.43. The molecule has 0 bridgehead atoms. The molecule has 194 valence electrons. The number of phenols is 1. The number of carboxylic acids is 2. The summed E-state index contributed by atoms with van der Waals surface area (Å²) < 4.78 is 0. The van der Waals surface area contributed by atoms with Gasteiger partial charge in [-0.2, -0.15) is 0 Å². The molecule has 4 unspecified atom stereocenters. The normalized spacial score (nSPS) is 14.1. The third-order valence-corrected chi connectivity index (χ3v) is 5.03. The molecule has 9 N–H and O–H groups in total. The summed E-state index contributed by atoms with van der Waals surface area (Å²) in [7, 11) is 0. The fraction of sp³-hybridized carbons (Fsp3) is 0.364. The second-order valence-electron chi connectivity index (χ2n) is 8.06. The van der Waals surface area contributed by atoms with Crippen molar-refractivity contribution in [3.8, 4) is 5.75 Å². The lowest BCUT2D eigenvalue weighted by molar-refractivity contribution is -0.147. The number of H-pyrrole nitrogens is 1. The lowest BCUT2D eigenvalue weighted by atomic mass is 10.0. The maximum atomic E-state index is 13.2. The van der Waals surface area contributed by atoms with E-state index in [9.17, 15) is 34.2 Å². The highest BCUT2D eigenvalue weighted by Gasteiger charge is 2.31. The number of nitrogens with zero attached hydrogens (tertiary/aromatic N) is 1. The molecule has 0 spiro atoms. The molecule has 3 amide bonds. The van der Waals surface area contributed by atoms with Crippen LogP contribution in [0, 0.1) is 0 Å². The number of hydrogen-bond acceptors (Lipinski definition) is 8. The highest BCUT2D eigenvalue weighted by Crippen LogP contribution is 2.12. The van der Waals surface area contributed by atoms with Gasteiger partial charge in [0.25, 0.3) is 0 Å². The van der Waals surface area contributed by atoms with Crippen molar-refractivity contribution in [3.63, 3.8) is 0 Å². The zero-order chi connectivity index (χ0) is 26.8. The quantitative estimate of drug-likeness (QED) is 0.153. The number of carbonyl (C=O) groups excluding carboxylic acids is 3. The Kier molecular flexibility index (Phi) is 9.92. The molecular formula is C22H28N6O8. The second-order valence-corrected chi connectivity index (χ2v) is 8.06. The van der Waals surface area contributed by atoms with Gasteiger partial charge in [-0.15, -0.1) is 0 Å². The van der Waals surface area contributed by atoms with E-state index in [1.165, 1.54) is 43.7 Å². The molecule has 2 aromatic rings. The first-order valence-electron chi connectivity index (χ1n) is 10.8. The maximum absolute atomic E-state index is 13.2. The van der Waals surface area contributed by atoms with E-state index in [0.717, 1.165) is 0 Å². The van der Waals surface area contributed by atoms with E-state index >= 15 is 0 Å². The summed E-state index contributed by atoms with van der Waals surface area (Å²) in [4.78, 5) is 67.4. The van der Waals surface area contributed by atoms with Crippen LogP contribution in [0.4, 0.5) is 0 Å². The van der Waals surface area contributed by atoms with Gasteiger partial charge < -0.3 is 42.0 Å². The molecule has 1 heterocycles. The Morgan fingerprint density at radius 3 is 1.97 bits per heavy atom. The van der Waals surface area contributed by atoms with Gasteiger partial charge in [0.05, 0.1) is 18.8 Å². The van der Waals surface area contributed by atoms with Gasteiger partial charge in [-0.25, -0.2) is 9.78 Å². The number of aromatic nitrogens is 2. The van der Waals surface area contributed by atoms with Gasteiger partial charge in [0.1, 0.15) is 23.9 Å². The molecule has 14 heteroatoms. The average Bonchev–Trinajstić information content (AvgIpc) is 3.31. The number of benzene rings is 1. The zero-order valence-corrected chi connectivity index (χ0v) is 19.3. The third-order valence-electron chi connectivity index (χ3n) is 5.03. The Balaban J connectivity index is 2.28. The number of amides is 3. The SMILES string of the molecule is CC(N)C(=O)NC(Cc1cnc[nH]1)C(=O)NC(Cc1ccc(O)cc1)C(=O)NC(CC(=O)O)C(=O)O. The monoisotopic (exact) mass is 504 g/mol. The van der Waals surface area contributed by atoms with Crippen LogP contribution < -0.4 is 21.7 Å². The number of carbonyl (C=O) groups is 5. The Hall–Kier alpha value is -4.46. The molecule has 0 aliphatic rings. The van der Waals surface area contributed by atoms with Crippen LogP contribution in [0.1, 0.15) is 24.6 Å². The van der Waals surface area contributed by atoms with Gasteiger partial charge in [0, 0.05) is 24.7 Å². The predicted octanol–water partition coefficient (Wildman–Crippen LogP) is -1.74. The van der Waals surface area contributed by atoms with E-state index in [1.807, 2.05) is 0 Å². The topological polar surface area (TPSA) is 237 Å². The molecule has 36 heavy (non-hydrogen) atoms. The minimum absolute atomic E-state index is 0.0192. The van der Waals surface area contributed by atoms with E-state index in [0.29, 0.717) is 11.3 Å². The molecule has 0 saturated heterocycles. The summed E-state index contributed by atoms with van der Waals surface area (Å²) in [5.41, 5.74) is 6.60. The van der Waals surface area contributed by atoms with Crippen molar-refractivity contribution in [2.24, 2.45) is 5.73 Å². The van der Waals surface area contributed by atoms with Gasteiger partial charge in [0.15, 0.2) is 0 Å². The molecule has 1 aromatic heterocycles. The molecule has 4 atom stereocenters. The number of aromatic hydroxyl groups is 1. The first kappa shape index (κ1) is 27.8. The van der Waals surface area contributed by atoms with Gasteiger partial charge in [0.2, 0.25) is 17.7 Å². The molecule has 2 rings (SSSR count). The third kappa shape index (κ3) is 8.72. The van der Waals surface area contributed by atoms with Crippen molar-refractivity contribution in [2.75, 3.05) is 0 Å². The fourth-order valence-corrected chi connectivity index (χ4v) is 3.13. The van der Waals surface area contributed by atoms with Crippen molar-refractivity contribution < 1.29 is 39.3 Å². The van der Waals surface area contributed by atoms with Crippen LogP contribution in [0.5, 0.6) is 5.75 Å². The highest BCUT2D eigenvalue weighted by molar-refractivity contribution is 5.94. The molecule has 1 aromatic carbocycles. The number of aromatic amines is 1. The van der Waals surface area contributed by atoms with Gasteiger partial charge in [-0.1, -0.05) is 12.1 Å². The van der Waals surface area contributed by atoms with Gasteiger partial charge in [-0.3, -0.25) is 19.2 Å². The van der Waals surface area contributed by atoms with Crippen molar-refractivity contribution in [1.82, 2.24) is 25.9 Å². The van der Waals surface area contributed by atoms with Crippen molar-refractivity contribution in [2.45, 2.75) is 50.4 Å². The Bertz CT molecular complexity index is 1070. The van der Waals surface area contributed by atoms with E-state index in [4.69, 9.17) is 10.8 Å². The lowest BCUT2D eigenvalue weighted by Gasteiger charge is -2.24. The molecular weight excluding hydrogens is 476 g/mol. The number of imidazole rings is 1. The first-order valence-corrected chi connectivity index (χ1v) is 10.8. The van der Waals surface area contributed by atoms with E-state index in [2.05, 4.69) is 25.9 Å². The standard InChI is InChI=1S/C22H28N6O8/c1-11(23)19(32)26-16(7-13-9-24-10-25-13)21(34)27-15(6-12-2-4-14(29)5-3-12)20(33)28-17(22(35)36)8-18(30)31/h2-5,9-11,15-17,29H,6-8,23H2,1H3,(H,24,25)(H,26,32)(H,27,34)(H,28,33)(H,30,31)(H,35,36).